The van der Waals surface area contributed by atoms with Gasteiger partial charge >= 0.3 is 0 Å². The Morgan fingerprint density at radius 2 is 1.61 bits per heavy atom. The summed E-state index contributed by atoms with van der Waals surface area (Å²) in [4.78, 5) is 36.1. The van der Waals surface area contributed by atoms with Gasteiger partial charge in [0.2, 0.25) is 0 Å². The van der Waals surface area contributed by atoms with E-state index in [1.54, 1.807) is 6.92 Å². The van der Waals surface area contributed by atoms with Crippen molar-refractivity contribution in [2.75, 3.05) is 11.4 Å². The third-order valence-electron chi connectivity index (χ3n) is 11.1. The molecule has 0 unspecified atom stereocenters. The summed E-state index contributed by atoms with van der Waals surface area (Å²) in [5.74, 6) is 3.42. The average Bonchev–Trinajstić information content (AvgIpc) is 2.87. The zero-order valence-electron chi connectivity index (χ0n) is 23.2. The first-order chi connectivity index (χ1) is 18.5. The van der Waals surface area contributed by atoms with E-state index in [0.29, 0.717) is 17.9 Å². The fourth-order valence-corrected chi connectivity index (χ4v) is 9.48. The lowest BCUT2D eigenvalue weighted by Gasteiger charge is -2.56. The average molecular weight is 517 g/mol. The topological polar surface area (TPSA) is 58.4 Å². The minimum absolute atomic E-state index is 0.00368. The van der Waals surface area contributed by atoms with Crippen molar-refractivity contribution >= 4 is 22.6 Å². The summed E-state index contributed by atoms with van der Waals surface area (Å²) in [5, 5.41) is 0. The lowest BCUT2D eigenvalue weighted by atomic mass is 9.64. The molecule has 0 amide bonds. The van der Waals surface area contributed by atoms with Gasteiger partial charge in [-0.15, -0.1) is 0 Å². The number of para-hydroxylation sites is 2. The van der Waals surface area contributed by atoms with E-state index in [0.717, 1.165) is 60.6 Å². The number of Topliss-reactive ketones (excluding diaryl/α,β-unsaturated/α-hetero) is 1. The molecule has 0 radical (unpaired) electrons. The molecule has 204 valence electrons. The zero-order chi connectivity index (χ0) is 26.0. The SMILES string of the molecule is CC[C@@H]1C[C@@H]2C[C@H](C1)C[C@@H](N1[C@@H]3CCC[C@H]1C[C@@H](n1c(=O)c(N4CC[C@H]4C(C)=O)nc4ccccc41)C3)C2. The quantitative estimate of drug-likeness (QED) is 0.508. The van der Waals surface area contributed by atoms with Gasteiger partial charge in [-0.2, -0.15) is 0 Å². The largest absolute Gasteiger partial charge is 0.342 e. The highest BCUT2D eigenvalue weighted by atomic mass is 16.1. The number of hydrogen-bond donors (Lipinski definition) is 0. The van der Waals surface area contributed by atoms with Gasteiger partial charge in [-0.3, -0.25) is 14.5 Å². The fraction of sp³-hybridized carbons (Fsp3) is 0.719. The summed E-state index contributed by atoms with van der Waals surface area (Å²) >= 11 is 0. The Balaban J connectivity index is 1.20. The Hall–Kier alpha value is -2.21. The summed E-state index contributed by atoms with van der Waals surface area (Å²) in [6.45, 7) is 4.75. The number of fused-ring (bicyclic) bond motifs is 5. The van der Waals surface area contributed by atoms with Crippen LogP contribution in [0.3, 0.4) is 0 Å². The number of ketones is 1. The molecule has 3 aliphatic heterocycles. The minimum atomic E-state index is -0.205. The van der Waals surface area contributed by atoms with Crippen LogP contribution in [0.1, 0.15) is 96.9 Å². The highest BCUT2D eigenvalue weighted by Gasteiger charge is 2.46. The lowest BCUT2D eigenvalue weighted by molar-refractivity contribution is -0.119. The molecule has 1 aromatic heterocycles. The first-order valence-corrected chi connectivity index (χ1v) is 15.6. The van der Waals surface area contributed by atoms with Gasteiger partial charge in [0.25, 0.3) is 5.56 Å². The van der Waals surface area contributed by atoms with Crippen molar-refractivity contribution in [3.05, 3.63) is 34.6 Å². The number of benzene rings is 1. The van der Waals surface area contributed by atoms with Gasteiger partial charge in [-0.05, 0) is 101 Å². The van der Waals surface area contributed by atoms with Crippen LogP contribution in [0.4, 0.5) is 5.82 Å². The molecule has 4 bridgehead atoms. The van der Waals surface area contributed by atoms with Crippen LogP contribution in [-0.2, 0) is 4.79 Å². The van der Waals surface area contributed by atoms with Crippen molar-refractivity contribution in [3.8, 4) is 0 Å². The molecule has 8 atom stereocenters. The van der Waals surface area contributed by atoms with Crippen molar-refractivity contribution in [3.63, 3.8) is 0 Å². The second kappa shape index (κ2) is 9.76. The van der Waals surface area contributed by atoms with Crippen LogP contribution >= 0.6 is 0 Å². The molecule has 4 heterocycles. The van der Waals surface area contributed by atoms with Gasteiger partial charge in [-0.25, -0.2) is 4.98 Å². The number of hydrogen-bond acceptors (Lipinski definition) is 5. The number of piperidine rings is 2. The van der Waals surface area contributed by atoms with Gasteiger partial charge in [0.05, 0.1) is 17.1 Å². The number of aromatic nitrogens is 2. The number of rotatable bonds is 5. The first-order valence-electron chi connectivity index (χ1n) is 15.6. The zero-order valence-corrected chi connectivity index (χ0v) is 23.2. The minimum Gasteiger partial charge on any atom is -0.342 e. The molecule has 38 heavy (non-hydrogen) atoms. The third kappa shape index (κ3) is 4.13. The van der Waals surface area contributed by atoms with Crippen LogP contribution < -0.4 is 10.5 Å². The van der Waals surface area contributed by atoms with Crippen LogP contribution in [0, 0.1) is 17.8 Å². The number of nitrogens with zero attached hydrogens (tertiary/aromatic N) is 4. The Morgan fingerprint density at radius 1 is 0.895 bits per heavy atom. The molecule has 5 fully saturated rings. The molecule has 2 saturated carbocycles. The summed E-state index contributed by atoms with van der Waals surface area (Å²) in [6.07, 6.45) is 15.3. The summed E-state index contributed by atoms with van der Waals surface area (Å²) < 4.78 is 2.09. The van der Waals surface area contributed by atoms with Crippen molar-refractivity contribution < 1.29 is 4.79 Å². The van der Waals surface area contributed by atoms with Gasteiger partial charge in [-0.1, -0.05) is 31.9 Å². The molecular weight excluding hydrogens is 472 g/mol. The summed E-state index contributed by atoms with van der Waals surface area (Å²) in [7, 11) is 0. The molecule has 3 saturated heterocycles. The molecule has 5 aliphatic rings. The predicted octanol–water partition coefficient (Wildman–Crippen LogP) is 5.73. The van der Waals surface area contributed by atoms with Gasteiger partial charge < -0.3 is 9.47 Å². The number of carbonyl (C=O) groups is 1. The molecule has 0 N–H and O–H groups in total. The normalized spacial score (nSPS) is 37.2. The van der Waals surface area contributed by atoms with Crippen LogP contribution in [0.5, 0.6) is 0 Å². The van der Waals surface area contributed by atoms with Crippen molar-refractivity contribution in [1.82, 2.24) is 14.5 Å². The van der Waals surface area contributed by atoms with Crippen LogP contribution in [0.2, 0.25) is 0 Å². The van der Waals surface area contributed by atoms with Crippen molar-refractivity contribution in [2.24, 2.45) is 17.8 Å². The second-order valence-electron chi connectivity index (χ2n) is 13.4. The van der Waals surface area contributed by atoms with Crippen LogP contribution in [0.15, 0.2) is 29.1 Å². The van der Waals surface area contributed by atoms with Gasteiger partial charge in [0.1, 0.15) is 0 Å². The molecule has 6 heteroatoms. The van der Waals surface area contributed by atoms with E-state index < -0.39 is 0 Å². The molecule has 1 aromatic carbocycles. The van der Waals surface area contributed by atoms with E-state index in [9.17, 15) is 9.59 Å². The smallest absolute Gasteiger partial charge is 0.294 e. The van der Waals surface area contributed by atoms with Crippen LogP contribution in [0.25, 0.3) is 11.0 Å². The van der Waals surface area contributed by atoms with Crippen molar-refractivity contribution in [1.29, 1.82) is 0 Å². The van der Waals surface area contributed by atoms with E-state index in [1.807, 2.05) is 23.1 Å². The number of carbonyl (C=O) groups excluding carboxylic acids is 1. The molecular formula is C32H44N4O2. The van der Waals surface area contributed by atoms with E-state index in [4.69, 9.17) is 4.98 Å². The fourth-order valence-electron chi connectivity index (χ4n) is 9.48. The van der Waals surface area contributed by atoms with Gasteiger partial charge in [0.15, 0.2) is 11.6 Å². The Bertz CT molecular complexity index is 1240. The van der Waals surface area contributed by atoms with E-state index in [-0.39, 0.29) is 23.4 Å². The van der Waals surface area contributed by atoms with Gasteiger partial charge in [0, 0.05) is 30.7 Å². The Kier molecular flexibility index (Phi) is 6.37. The maximum absolute atomic E-state index is 14.1. The second-order valence-corrected chi connectivity index (χ2v) is 13.4. The van der Waals surface area contributed by atoms with E-state index in [1.165, 1.54) is 57.8 Å². The Labute approximate surface area is 226 Å². The van der Waals surface area contributed by atoms with E-state index >= 15 is 0 Å². The first kappa shape index (κ1) is 24.8. The maximum Gasteiger partial charge on any atom is 0.294 e. The van der Waals surface area contributed by atoms with Crippen molar-refractivity contribution in [2.45, 2.75) is 121 Å². The maximum atomic E-state index is 14.1. The molecule has 2 aliphatic carbocycles. The highest BCUT2D eigenvalue weighted by Crippen LogP contribution is 2.49. The lowest BCUT2D eigenvalue weighted by Crippen LogP contribution is -2.59. The summed E-state index contributed by atoms with van der Waals surface area (Å²) in [6, 6.07) is 10.0. The monoisotopic (exact) mass is 516 g/mol. The highest BCUT2D eigenvalue weighted by molar-refractivity contribution is 5.87. The molecule has 2 aromatic rings. The molecule has 0 spiro atoms. The molecule has 6 nitrogen and oxygen atoms in total. The van der Waals surface area contributed by atoms with Crippen LogP contribution in [-0.4, -0.2) is 50.9 Å². The standard InChI is InChI=1S/C32H44N4O2/c1-3-21-13-22-15-23(14-21)17-26(16-22)35-24-7-6-8-25(35)19-27(18-24)36-30-10-5-4-9-28(30)33-31(32(36)38)34-12-11-29(34)20(2)37/h4-5,9-10,21-27,29H,3,6-8,11-19H2,1-2H3/t21-,22-,23+,24-,25+,26+,27+,29-/m0/s1. The molecule has 7 rings (SSSR count). The third-order valence-corrected chi connectivity index (χ3v) is 11.1. The van der Waals surface area contributed by atoms with E-state index in [2.05, 4.69) is 22.5 Å². The predicted molar refractivity (Wildman–Crippen MR) is 152 cm³/mol. The summed E-state index contributed by atoms with van der Waals surface area (Å²) in [5.41, 5.74) is 1.83. The Morgan fingerprint density at radius 3 is 2.24 bits per heavy atom. The number of anilines is 1.